The molecule has 0 saturated heterocycles. The molecule has 0 aliphatic heterocycles. The van der Waals surface area contributed by atoms with Crippen LogP contribution in [0.15, 0.2) is 23.1 Å². The van der Waals surface area contributed by atoms with E-state index in [1.165, 1.54) is 0 Å². The van der Waals surface area contributed by atoms with E-state index in [-0.39, 0.29) is 6.42 Å². The third-order valence-corrected chi connectivity index (χ3v) is 4.07. The number of hydrogen-bond acceptors (Lipinski definition) is 5. The summed E-state index contributed by atoms with van der Waals surface area (Å²) in [6.07, 6.45) is 0.484. The molecule has 0 aliphatic carbocycles. The lowest BCUT2D eigenvalue weighted by Crippen LogP contribution is -2.40. The largest absolute Gasteiger partial charge is 0.480 e. The normalized spacial score (nSPS) is 12.9. The van der Waals surface area contributed by atoms with Gasteiger partial charge in [0.25, 0.3) is 0 Å². The lowest BCUT2D eigenvalue weighted by molar-refractivity contribution is -0.387. The van der Waals surface area contributed by atoms with Crippen LogP contribution in [0.25, 0.3) is 0 Å². The van der Waals surface area contributed by atoms with Crippen LogP contribution < -0.4 is 4.72 Å². The first-order valence-electron chi connectivity index (χ1n) is 5.88. The summed E-state index contributed by atoms with van der Waals surface area (Å²) in [6.45, 7) is 1.68. The number of aliphatic carboxylic acids is 1. The number of hydrogen-bond donors (Lipinski definition) is 2. The number of sulfonamides is 1. The van der Waals surface area contributed by atoms with Crippen molar-refractivity contribution in [2.75, 3.05) is 0 Å². The summed E-state index contributed by atoms with van der Waals surface area (Å²) in [4.78, 5) is 19.8. The van der Waals surface area contributed by atoms with Gasteiger partial charge >= 0.3 is 11.7 Å². The number of carboxylic acid groups (broad SMARTS) is 1. The fourth-order valence-corrected chi connectivity index (χ4v) is 2.81. The summed E-state index contributed by atoms with van der Waals surface area (Å²) in [6, 6.07) is 0.678. The standard InChI is InChI=1S/C11H13FN2O6S/c1-2-3-9(11(15)16)13-21(19,20)7-4-5-10(14(17)18)8(12)6-7/h4-6,9,13H,2-3H2,1H3,(H,15,16)/t9-/m1/s1. The van der Waals surface area contributed by atoms with Crippen molar-refractivity contribution in [3.63, 3.8) is 0 Å². The number of nitrogens with one attached hydrogen (secondary N) is 1. The molecular formula is C11H13FN2O6S. The van der Waals surface area contributed by atoms with Crippen molar-refractivity contribution in [3.8, 4) is 0 Å². The summed E-state index contributed by atoms with van der Waals surface area (Å²) >= 11 is 0. The summed E-state index contributed by atoms with van der Waals surface area (Å²) in [7, 11) is -4.29. The van der Waals surface area contributed by atoms with Gasteiger partial charge in [0.2, 0.25) is 15.8 Å². The van der Waals surface area contributed by atoms with Crippen LogP contribution in [0.1, 0.15) is 19.8 Å². The molecule has 10 heteroatoms. The predicted octanol–water partition coefficient (Wildman–Crippen LogP) is 1.27. The second-order valence-corrected chi connectivity index (χ2v) is 5.89. The molecule has 0 aromatic heterocycles. The zero-order valence-electron chi connectivity index (χ0n) is 10.9. The third-order valence-electron chi connectivity index (χ3n) is 2.60. The van der Waals surface area contributed by atoms with E-state index in [4.69, 9.17) is 5.11 Å². The van der Waals surface area contributed by atoms with Gasteiger partial charge in [0.05, 0.1) is 9.82 Å². The lowest BCUT2D eigenvalue weighted by Gasteiger charge is -2.13. The van der Waals surface area contributed by atoms with E-state index in [2.05, 4.69) is 0 Å². The number of benzene rings is 1. The van der Waals surface area contributed by atoms with Crippen molar-refractivity contribution in [1.29, 1.82) is 0 Å². The molecule has 1 rings (SSSR count). The first-order valence-corrected chi connectivity index (χ1v) is 7.36. The molecule has 8 nitrogen and oxygen atoms in total. The topological polar surface area (TPSA) is 127 Å². The second kappa shape index (κ2) is 6.59. The summed E-state index contributed by atoms with van der Waals surface area (Å²) in [5.74, 6) is -2.67. The van der Waals surface area contributed by atoms with Gasteiger partial charge in [-0.2, -0.15) is 9.11 Å². The minimum Gasteiger partial charge on any atom is -0.480 e. The Hall–Kier alpha value is -2.07. The zero-order chi connectivity index (χ0) is 16.2. The molecule has 21 heavy (non-hydrogen) atoms. The Kier molecular flexibility index (Phi) is 5.33. The Bertz CT molecular complexity index is 661. The van der Waals surface area contributed by atoms with Gasteiger partial charge in [0.15, 0.2) is 0 Å². The van der Waals surface area contributed by atoms with Crippen LogP contribution in [0.5, 0.6) is 0 Å². The Morgan fingerprint density at radius 1 is 1.52 bits per heavy atom. The highest BCUT2D eigenvalue weighted by molar-refractivity contribution is 7.89. The zero-order valence-corrected chi connectivity index (χ0v) is 11.8. The van der Waals surface area contributed by atoms with Crippen molar-refractivity contribution in [3.05, 3.63) is 34.1 Å². The Balaban J connectivity index is 3.10. The summed E-state index contributed by atoms with van der Waals surface area (Å²) < 4.78 is 39.2. The van der Waals surface area contributed by atoms with Crippen molar-refractivity contribution in [1.82, 2.24) is 4.72 Å². The van der Waals surface area contributed by atoms with E-state index >= 15 is 0 Å². The lowest BCUT2D eigenvalue weighted by atomic mass is 10.2. The summed E-state index contributed by atoms with van der Waals surface area (Å²) in [5, 5.41) is 19.4. The van der Waals surface area contributed by atoms with Crippen molar-refractivity contribution < 1.29 is 27.6 Å². The van der Waals surface area contributed by atoms with Crippen molar-refractivity contribution >= 4 is 21.7 Å². The van der Waals surface area contributed by atoms with E-state index in [1.807, 2.05) is 4.72 Å². The smallest absolute Gasteiger partial charge is 0.321 e. The predicted molar refractivity (Wildman–Crippen MR) is 69.7 cm³/mol. The maximum atomic E-state index is 13.4. The molecule has 0 bridgehead atoms. The third kappa shape index (κ3) is 4.20. The second-order valence-electron chi connectivity index (χ2n) is 4.17. The number of nitro groups is 1. The fourth-order valence-electron chi connectivity index (χ4n) is 1.58. The average Bonchev–Trinajstić information content (AvgIpc) is 2.37. The van der Waals surface area contributed by atoms with Gasteiger partial charge in [-0.1, -0.05) is 13.3 Å². The minimum absolute atomic E-state index is 0.0596. The van der Waals surface area contributed by atoms with Gasteiger partial charge in [-0.05, 0) is 12.5 Å². The quantitative estimate of drug-likeness (QED) is 0.575. The summed E-state index contributed by atoms with van der Waals surface area (Å²) in [5.41, 5.74) is -0.864. The van der Waals surface area contributed by atoms with Crippen LogP contribution in [0.3, 0.4) is 0 Å². The van der Waals surface area contributed by atoms with Gasteiger partial charge in [-0.25, -0.2) is 8.42 Å². The number of carbonyl (C=O) groups is 1. The Morgan fingerprint density at radius 3 is 2.57 bits per heavy atom. The Morgan fingerprint density at radius 2 is 2.14 bits per heavy atom. The van der Waals surface area contributed by atoms with Gasteiger partial charge in [0.1, 0.15) is 6.04 Å². The maximum Gasteiger partial charge on any atom is 0.321 e. The molecule has 0 aliphatic rings. The van der Waals surface area contributed by atoms with Crippen LogP contribution in [0.2, 0.25) is 0 Å². The minimum atomic E-state index is -4.29. The first kappa shape index (κ1) is 17.0. The molecular weight excluding hydrogens is 307 g/mol. The average molecular weight is 320 g/mol. The van der Waals surface area contributed by atoms with Crippen molar-refractivity contribution in [2.24, 2.45) is 0 Å². The number of carboxylic acids is 1. The molecule has 2 N–H and O–H groups in total. The highest BCUT2D eigenvalue weighted by atomic mass is 32.2. The molecule has 116 valence electrons. The Labute approximate surface area is 119 Å². The first-order chi connectivity index (χ1) is 9.69. The fraction of sp³-hybridized carbons (Fsp3) is 0.364. The van der Waals surface area contributed by atoms with Crippen molar-refractivity contribution in [2.45, 2.75) is 30.7 Å². The number of nitrogens with zero attached hydrogens (tertiary/aromatic N) is 1. The van der Waals surface area contributed by atoms with E-state index < -0.39 is 43.4 Å². The number of halogens is 1. The monoisotopic (exact) mass is 320 g/mol. The van der Waals surface area contributed by atoms with Crippen LogP contribution in [-0.4, -0.2) is 30.5 Å². The van der Waals surface area contributed by atoms with Crippen LogP contribution in [0, 0.1) is 15.9 Å². The van der Waals surface area contributed by atoms with Gasteiger partial charge < -0.3 is 5.11 Å². The number of rotatable bonds is 7. The molecule has 0 fully saturated rings. The SMILES string of the molecule is CCC[C@@H](NS(=O)(=O)c1ccc([N+](=O)[O-])c(F)c1)C(=O)O. The van der Waals surface area contributed by atoms with Crippen LogP contribution >= 0.6 is 0 Å². The van der Waals surface area contributed by atoms with E-state index in [0.717, 1.165) is 6.07 Å². The molecule has 1 aromatic rings. The van der Waals surface area contributed by atoms with E-state index in [0.29, 0.717) is 18.6 Å². The molecule has 0 radical (unpaired) electrons. The molecule has 1 aromatic carbocycles. The molecule has 0 saturated carbocycles. The molecule has 0 spiro atoms. The molecule has 1 atom stereocenters. The molecule has 0 unspecified atom stereocenters. The highest BCUT2D eigenvalue weighted by Crippen LogP contribution is 2.21. The van der Waals surface area contributed by atoms with Crippen LogP contribution in [0.4, 0.5) is 10.1 Å². The maximum absolute atomic E-state index is 13.4. The molecule has 0 amide bonds. The van der Waals surface area contributed by atoms with E-state index in [9.17, 15) is 27.7 Å². The van der Waals surface area contributed by atoms with Crippen LogP contribution in [-0.2, 0) is 14.8 Å². The molecule has 0 heterocycles. The highest BCUT2D eigenvalue weighted by Gasteiger charge is 2.26. The van der Waals surface area contributed by atoms with Gasteiger partial charge in [-0.15, -0.1) is 0 Å². The number of nitro benzene ring substituents is 1. The van der Waals surface area contributed by atoms with E-state index in [1.54, 1.807) is 6.92 Å². The van der Waals surface area contributed by atoms with Gasteiger partial charge in [-0.3, -0.25) is 14.9 Å². The van der Waals surface area contributed by atoms with Gasteiger partial charge in [0, 0.05) is 12.1 Å².